The number of aliphatic carboxylic acids is 1. The van der Waals surface area contributed by atoms with Crippen molar-refractivity contribution in [3.63, 3.8) is 0 Å². The molecule has 0 aromatic carbocycles. The highest BCUT2D eigenvalue weighted by atomic mass is 35.5. The molecule has 7 heteroatoms. The zero-order chi connectivity index (χ0) is 14.0. The molecule has 114 valence electrons. The molecule has 1 N–H and O–H groups in total. The van der Waals surface area contributed by atoms with E-state index in [9.17, 15) is 4.79 Å². The fraction of sp³-hybridized carbons (Fsp3) is 0.769. The predicted octanol–water partition coefficient (Wildman–Crippen LogP) is 2.09. The molecule has 0 radical (unpaired) electrons. The molecule has 0 saturated carbocycles. The Morgan fingerprint density at radius 1 is 1.50 bits per heavy atom. The van der Waals surface area contributed by atoms with Crippen LogP contribution < -0.4 is 0 Å². The largest absolute Gasteiger partial charge is 0.481 e. The quantitative estimate of drug-likeness (QED) is 0.921. The van der Waals surface area contributed by atoms with Crippen LogP contribution in [0.1, 0.15) is 45.3 Å². The molecule has 0 bridgehead atoms. The van der Waals surface area contributed by atoms with Crippen LogP contribution >= 0.6 is 12.4 Å². The molecule has 0 aliphatic carbocycles. The van der Waals surface area contributed by atoms with Crippen molar-refractivity contribution in [2.45, 2.75) is 45.6 Å². The van der Waals surface area contributed by atoms with Crippen LogP contribution in [0, 0.1) is 5.92 Å². The average Bonchev–Trinajstić information content (AvgIpc) is 2.77. The van der Waals surface area contributed by atoms with Gasteiger partial charge in [-0.15, -0.1) is 12.4 Å². The Morgan fingerprint density at radius 2 is 2.20 bits per heavy atom. The minimum Gasteiger partial charge on any atom is -0.481 e. The summed E-state index contributed by atoms with van der Waals surface area (Å²) in [6.45, 7) is 8.07. The standard InChI is InChI=1S/C13H21N3O3.ClH/c1-13(2,3)12-14-10(19-15-12)8-16-6-4-5-9(7-16)11(17)18;/h9H,4-8H2,1-3H3,(H,17,18);1H. The first-order valence-electron chi connectivity index (χ1n) is 6.64. The molecule has 1 aromatic heterocycles. The van der Waals surface area contributed by atoms with Crippen LogP contribution in [-0.4, -0.2) is 39.2 Å². The van der Waals surface area contributed by atoms with E-state index < -0.39 is 5.97 Å². The van der Waals surface area contributed by atoms with Crippen LogP contribution in [0.5, 0.6) is 0 Å². The fourth-order valence-electron chi connectivity index (χ4n) is 2.22. The lowest BCUT2D eigenvalue weighted by Crippen LogP contribution is -2.38. The smallest absolute Gasteiger partial charge is 0.307 e. The summed E-state index contributed by atoms with van der Waals surface area (Å²) in [5.74, 6) is 0.259. The molecule has 0 spiro atoms. The van der Waals surface area contributed by atoms with E-state index in [1.165, 1.54) is 0 Å². The van der Waals surface area contributed by atoms with Gasteiger partial charge in [0.25, 0.3) is 0 Å². The Morgan fingerprint density at radius 3 is 2.75 bits per heavy atom. The van der Waals surface area contributed by atoms with Gasteiger partial charge in [-0.1, -0.05) is 25.9 Å². The monoisotopic (exact) mass is 303 g/mol. The first-order valence-corrected chi connectivity index (χ1v) is 6.64. The first kappa shape index (κ1) is 16.9. The van der Waals surface area contributed by atoms with Gasteiger partial charge in [-0.3, -0.25) is 9.69 Å². The Hall–Kier alpha value is -1.14. The van der Waals surface area contributed by atoms with Crippen molar-refractivity contribution in [2.75, 3.05) is 13.1 Å². The highest BCUT2D eigenvalue weighted by Gasteiger charge is 2.27. The van der Waals surface area contributed by atoms with E-state index in [-0.39, 0.29) is 23.7 Å². The number of likely N-dealkylation sites (tertiary alicyclic amines) is 1. The minimum absolute atomic E-state index is 0. The van der Waals surface area contributed by atoms with Crippen molar-refractivity contribution in [1.29, 1.82) is 0 Å². The Kier molecular flexibility index (Phi) is 5.53. The predicted molar refractivity (Wildman–Crippen MR) is 75.9 cm³/mol. The van der Waals surface area contributed by atoms with E-state index in [1.807, 2.05) is 20.8 Å². The van der Waals surface area contributed by atoms with Crippen molar-refractivity contribution in [3.8, 4) is 0 Å². The van der Waals surface area contributed by atoms with E-state index in [1.54, 1.807) is 0 Å². The van der Waals surface area contributed by atoms with Crippen molar-refractivity contribution in [2.24, 2.45) is 5.92 Å². The SMILES string of the molecule is CC(C)(C)c1noc(CN2CCCC(C(=O)O)C2)n1.Cl. The average molecular weight is 304 g/mol. The molecule has 2 rings (SSSR count). The number of hydrogen-bond acceptors (Lipinski definition) is 5. The molecule has 1 unspecified atom stereocenters. The van der Waals surface area contributed by atoms with Gasteiger partial charge in [-0.2, -0.15) is 4.98 Å². The molecule has 1 atom stereocenters. The normalized spacial score (nSPS) is 20.4. The lowest BCUT2D eigenvalue weighted by atomic mass is 9.96. The van der Waals surface area contributed by atoms with E-state index in [4.69, 9.17) is 9.63 Å². The number of rotatable bonds is 3. The molecule has 1 aliphatic rings. The summed E-state index contributed by atoms with van der Waals surface area (Å²) in [5, 5.41) is 13.0. The van der Waals surface area contributed by atoms with E-state index in [0.717, 1.165) is 19.4 Å². The van der Waals surface area contributed by atoms with Gasteiger partial charge in [0.2, 0.25) is 5.89 Å². The molecule has 1 fully saturated rings. The molecule has 2 heterocycles. The van der Waals surface area contributed by atoms with Gasteiger partial charge in [-0.25, -0.2) is 0 Å². The van der Waals surface area contributed by atoms with Crippen LogP contribution in [0.15, 0.2) is 4.52 Å². The summed E-state index contributed by atoms with van der Waals surface area (Å²) in [4.78, 5) is 17.5. The number of halogens is 1. The van der Waals surface area contributed by atoms with Crippen LogP contribution in [0.2, 0.25) is 0 Å². The second-order valence-electron chi connectivity index (χ2n) is 6.17. The molecular weight excluding hydrogens is 282 g/mol. The van der Waals surface area contributed by atoms with Crippen LogP contribution in [0.25, 0.3) is 0 Å². The number of carbonyl (C=O) groups is 1. The minimum atomic E-state index is -0.717. The molecule has 20 heavy (non-hydrogen) atoms. The number of piperidine rings is 1. The van der Waals surface area contributed by atoms with E-state index in [0.29, 0.717) is 24.8 Å². The summed E-state index contributed by atoms with van der Waals surface area (Å²) in [7, 11) is 0. The third-order valence-electron chi connectivity index (χ3n) is 3.35. The van der Waals surface area contributed by atoms with E-state index >= 15 is 0 Å². The Labute approximate surface area is 124 Å². The van der Waals surface area contributed by atoms with Crippen LogP contribution in [0.4, 0.5) is 0 Å². The summed E-state index contributed by atoms with van der Waals surface area (Å²) in [6, 6.07) is 0. The highest BCUT2D eigenvalue weighted by molar-refractivity contribution is 5.85. The maximum Gasteiger partial charge on any atom is 0.307 e. The van der Waals surface area contributed by atoms with Crippen LogP contribution in [0.3, 0.4) is 0 Å². The van der Waals surface area contributed by atoms with Gasteiger partial charge in [-0.05, 0) is 19.4 Å². The van der Waals surface area contributed by atoms with E-state index in [2.05, 4.69) is 15.0 Å². The highest BCUT2D eigenvalue weighted by Crippen LogP contribution is 2.21. The van der Waals surface area contributed by atoms with Gasteiger partial charge >= 0.3 is 5.97 Å². The van der Waals surface area contributed by atoms with Crippen molar-refractivity contribution >= 4 is 18.4 Å². The number of hydrogen-bond donors (Lipinski definition) is 1. The molecule has 0 amide bonds. The third-order valence-corrected chi connectivity index (χ3v) is 3.35. The Balaban J connectivity index is 0.00000200. The van der Waals surface area contributed by atoms with Gasteiger partial charge < -0.3 is 9.63 Å². The summed E-state index contributed by atoms with van der Waals surface area (Å²) >= 11 is 0. The molecular formula is C13H22ClN3O3. The van der Waals surface area contributed by atoms with Gasteiger partial charge in [0.15, 0.2) is 5.82 Å². The topological polar surface area (TPSA) is 79.5 Å². The lowest BCUT2D eigenvalue weighted by molar-refractivity contribution is -0.143. The number of carboxylic acids is 1. The summed E-state index contributed by atoms with van der Waals surface area (Å²) in [5.41, 5.74) is -0.132. The maximum absolute atomic E-state index is 11.0. The third kappa shape index (κ3) is 4.18. The molecule has 6 nitrogen and oxygen atoms in total. The van der Waals surface area contributed by atoms with Gasteiger partial charge in [0.1, 0.15) is 0 Å². The zero-order valence-corrected chi connectivity index (χ0v) is 12.9. The maximum atomic E-state index is 11.0. The summed E-state index contributed by atoms with van der Waals surface area (Å²) in [6.07, 6.45) is 1.65. The zero-order valence-electron chi connectivity index (χ0n) is 12.1. The van der Waals surface area contributed by atoms with Gasteiger partial charge in [0.05, 0.1) is 12.5 Å². The Bertz CT molecular complexity index is 456. The number of nitrogens with zero attached hydrogens (tertiary/aromatic N) is 3. The molecule has 1 aliphatic heterocycles. The molecule has 1 saturated heterocycles. The van der Waals surface area contributed by atoms with Crippen molar-refractivity contribution in [1.82, 2.24) is 15.0 Å². The summed E-state index contributed by atoms with van der Waals surface area (Å²) < 4.78 is 5.24. The lowest BCUT2D eigenvalue weighted by Gasteiger charge is -2.29. The second-order valence-corrected chi connectivity index (χ2v) is 6.17. The van der Waals surface area contributed by atoms with Crippen molar-refractivity contribution < 1.29 is 14.4 Å². The van der Waals surface area contributed by atoms with Crippen molar-refractivity contribution in [3.05, 3.63) is 11.7 Å². The number of carboxylic acid groups (broad SMARTS) is 1. The molecule has 1 aromatic rings. The fourth-order valence-corrected chi connectivity index (χ4v) is 2.22. The van der Waals surface area contributed by atoms with Gasteiger partial charge in [0, 0.05) is 12.0 Å². The first-order chi connectivity index (χ1) is 8.86. The van der Waals surface area contributed by atoms with Crippen LogP contribution in [-0.2, 0) is 16.8 Å². The number of aromatic nitrogens is 2. The second kappa shape index (κ2) is 6.54.